The molecule has 2 aromatic rings. The van der Waals surface area contributed by atoms with Crippen LogP contribution in [0.4, 0.5) is 5.82 Å². The van der Waals surface area contributed by atoms with Gasteiger partial charge in [-0.05, 0) is 19.1 Å². The summed E-state index contributed by atoms with van der Waals surface area (Å²) < 4.78 is 0. The van der Waals surface area contributed by atoms with Crippen molar-refractivity contribution in [3.8, 4) is 0 Å². The Bertz CT molecular complexity index is 487. The molecule has 4 nitrogen and oxygen atoms in total. The first kappa shape index (κ1) is 8.74. The van der Waals surface area contributed by atoms with E-state index in [0.717, 1.165) is 16.7 Å². The monoisotopic (exact) mass is 189 g/mol. The van der Waals surface area contributed by atoms with E-state index in [1.54, 1.807) is 13.0 Å². The number of hydrogen-bond acceptors (Lipinski definition) is 3. The highest BCUT2D eigenvalue weighted by molar-refractivity contribution is 5.99. The quantitative estimate of drug-likeness (QED) is 0.708. The molecule has 0 spiro atoms. The molecule has 0 radical (unpaired) electrons. The number of rotatable bonds is 2. The molecule has 0 saturated heterocycles. The fourth-order valence-electron chi connectivity index (χ4n) is 1.43. The maximum atomic E-state index is 11.1. The molecule has 72 valence electrons. The zero-order valence-electron chi connectivity index (χ0n) is 8.09. The number of aromatic nitrogens is 2. The topological polar surface area (TPSA) is 57.8 Å². The van der Waals surface area contributed by atoms with Gasteiger partial charge in [0.25, 0.3) is 0 Å². The van der Waals surface area contributed by atoms with Gasteiger partial charge in [0.1, 0.15) is 0 Å². The van der Waals surface area contributed by atoms with Gasteiger partial charge in [0.2, 0.25) is 0 Å². The fraction of sp³-hybridized carbons (Fsp3) is 0.200. The summed E-state index contributed by atoms with van der Waals surface area (Å²) in [6, 6.07) is 5.51. The van der Waals surface area contributed by atoms with Crippen LogP contribution in [0.15, 0.2) is 18.2 Å². The average Bonchev–Trinajstić information content (AvgIpc) is 2.59. The van der Waals surface area contributed by atoms with E-state index in [-0.39, 0.29) is 5.78 Å². The molecular weight excluding hydrogens is 178 g/mol. The maximum Gasteiger partial charge on any atom is 0.159 e. The zero-order chi connectivity index (χ0) is 10.1. The van der Waals surface area contributed by atoms with E-state index in [4.69, 9.17) is 0 Å². The number of H-pyrrole nitrogens is 1. The van der Waals surface area contributed by atoms with Crippen LogP contribution < -0.4 is 5.32 Å². The molecule has 1 aromatic heterocycles. The molecule has 14 heavy (non-hydrogen) atoms. The highest BCUT2D eigenvalue weighted by Gasteiger charge is 2.05. The third kappa shape index (κ3) is 1.25. The lowest BCUT2D eigenvalue weighted by Crippen LogP contribution is -1.91. The van der Waals surface area contributed by atoms with E-state index >= 15 is 0 Å². The van der Waals surface area contributed by atoms with Gasteiger partial charge in [-0.3, -0.25) is 9.89 Å². The molecule has 0 aliphatic rings. The molecule has 0 unspecified atom stereocenters. The van der Waals surface area contributed by atoms with Crippen molar-refractivity contribution in [1.29, 1.82) is 0 Å². The van der Waals surface area contributed by atoms with Crippen molar-refractivity contribution in [2.75, 3.05) is 12.4 Å². The summed E-state index contributed by atoms with van der Waals surface area (Å²) in [5.41, 5.74) is 1.57. The van der Waals surface area contributed by atoms with Crippen LogP contribution in [0.25, 0.3) is 10.9 Å². The molecular formula is C10H11N3O. The summed E-state index contributed by atoms with van der Waals surface area (Å²) in [4.78, 5) is 11.1. The van der Waals surface area contributed by atoms with Crippen molar-refractivity contribution in [2.45, 2.75) is 6.92 Å². The van der Waals surface area contributed by atoms with E-state index in [9.17, 15) is 4.79 Å². The van der Waals surface area contributed by atoms with Crippen LogP contribution in [0, 0.1) is 0 Å². The Morgan fingerprint density at radius 2 is 2.29 bits per heavy atom. The predicted octanol–water partition coefficient (Wildman–Crippen LogP) is 1.81. The lowest BCUT2D eigenvalue weighted by Gasteiger charge is -1.96. The van der Waals surface area contributed by atoms with E-state index < -0.39 is 0 Å². The van der Waals surface area contributed by atoms with Crippen LogP contribution in [0.1, 0.15) is 17.3 Å². The van der Waals surface area contributed by atoms with Gasteiger partial charge in [-0.1, -0.05) is 6.07 Å². The van der Waals surface area contributed by atoms with Crippen molar-refractivity contribution < 1.29 is 4.79 Å². The van der Waals surface area contributed by atoms with Crippen LogP contribution in [0.3, 0.4) is 0 Å². The molecule has 4 heteroatoms. The second-order valence-electron chi connectivity index (χ2n) is 3.14. The summed E-state index contributed by atoms with van der Waals surface area (Å²) in [6.07, 6.45) is 0. The van der Waals surface area contributed by atoms with E-state index in [0.29, 0.717) is 5.56 Å². The van der Waals surface area contributed by atoms with Crippen molar-refractivity contribution in [2.24, 2.45) is 0 Å². The number of aromatic amines is 1. The fourth-order valence-corrected chi connectivity index (χ4v) is 1.43. The number of nitrogens with one attached hydrogen (secondary N) is 2. The molecule has 0 amide bonds. The Hall–Kier alpha value is -1.84. The molecule has 0 atom stereocenters. The number of hydrogen-bond donors (Lipinski definition) is 2. The minimum absolute atomic E-state index is 0.0625. The van der Waals surface area contributed by atoms with E-state index in [1.165, 1.54) is 0 Å². The van der Waals surface area contributed by atoms with Gasteiger partial charge in [0, 0.05) is 18.0 Å². The normalized spacial score (nSPS) is 10.4. The largest absolute Gasteiger partial charge is 0.371 e. The van der Waals surface area contributed by atoms with Crippen LogP contribution in [0.2, 0.25) is 0 Å². The van der Waals surface area contributed by atoms with E-state index in [2.05, 4.69) is 15.5 Å². The maximum absolute atomic E-state index is 11.1. The van der Waals surface area contributed by atoms with Crippen LogP contribution in [-0.2, 0) is 0 Å². The number of nitrogens with zero attached hydrogens (tertiary/aromatic N) is 1. The van der Waals surface area contributed by atoms with Crippen LogP contribution in [0.5, 0.6) is 0 Å². The molecule has 0 aliphatic carbocycles. The number of Topliss-reactive ketones (excluding diaryl/α,β-unsaturated/α-hetero) is 1. The first-order valence-electron chi connectivity index (χ1n) is 4.39. The van der Waals surface area contributed by atoms with Crippen molar-refractivity contribution in [3.05, 3.63) is 23.8 Å². The third-order valence-corrected chi connectivity index (χ3v) is 2.21. The lowest BCUT2D eigenvalue weighted by atomic mass is 10.1. The van der Waals surface area contributed by atoms with Gasteiger partial charge in [-0.15, -0.1) is 0 Å². The first-order chi connectivity index (χ1) is 6.72. The second kappa shape index (κ2) is 3.14. The average molecular weight is 189 g/mol. The standard InChI is InChI=1S/C10H11N3O/c1-6(14)7-3-4-8-9(5-7)12-13-10(8)11-2/h3-5H,1-2H3,(H2,11,12,13). The van der Waals surface area contributed by atoms with Crippen molar-refractivity contribution >= 4 is 22.5 Å². The van der Waals surface area contributed by atoms with Gasteiger partial charge >= 0.3 is 0 Å². The van der Waals surface area contributed by atoms with Gasteiger partial charge in [0.05, 0.1) is 5.52 Å². The molecule has 1 heterocycles. The molecule has 0 saturated carbocycles. The molecule has 0 aliphatic heterocycles. The van der Waals surface area contributed by atoms with E-state index in [1.807, 2.05) is 19.2 Å². The van der Waals surface area contributed by atoms with Crippen molar-refractivity contribution in [1.82, 2.24) is 10.2 Å². The molecule has 0 fully saturated rings. The summed E-state index contributed by atoms with van der Waals surface area (Å²) in [6.45, 7) is 1.55. The molecule has 2 rings (SSSR count). The SMILES string of the molecule is CNc1n[nH]c2cc(C(C)=O)ccc12. The van der Waals surface area contributed by atoms with Crippen molar-refractivity contribution in [3.63, 3.8) is 0 Å². The Kier molecular flexibility index (Phi) is 1.96. The predicted molar refractivity (Wildman–Crippen MR) is 55.6 cm³/mol. The molecule has 1 aromatic carbocycles. The van der Waals surface area contributed by atoms with Gasteiger partial charge in [-0.25, -0.2) is 0 Å². The second-order valence-corrected chi connectivity index (χ2v) is 3.14. The Balaban J connectivity index is 2.63. The number of benzene rings is 1. The molecule has 0 bridgehead atoms. The minimum Gasteiger partial charge on any atom is -0.371 e. The summed E-state index contributed by atoms with van der Waals surface area (Å²) in [5, 5.41) is 10.9. The van der Waals surface area contributed by atoms with Crippen LogP contribution >= 0.6 is 0 Å². The summed E-state index contributed by atoms with van der Waals surface area (Å²) >= 11 is 0. The van der Waals surface area contributed by atoms with Gasteiger partial charge < -0.3 is 5.32 Å². The number of anilines is 1. The number of carbonyl (C=O) groups is 1. The smallest absolute Gasteiger partial charge is 0.159 e. The number of ketones is 1. The lowest BCUT2D eigenvalue weighted by molar-refractivity contribution is 0.101. The highest BCUT2D eigenvalue weighted by atomic mass is 16.1. The zero-order valence-corrected chi connectivity index (χ0v) is 8.09. The number of fused-ring (bicyclic) bond motifs is 1. The first-order valence-corrected chi connectivity index (χ1v) is 4.39. The summed E-state index contributed by atoms with van der Waals surface area (Å²) in [5.74, 6) is 0.864. The molecule has 2 N–H and O–H groups in total. The van der Waals surface area contributed by atoms with Crippen LogP contribution in [-0.4, -0.2) is 23.0 Å². The Morgan fingerprint density at radius 1 is 1.50 bits per heavy atom. The van der Waals surface area contributed by atoms with Gasteiger partial charge in [0.15, 0.2) is 11.6 Å². The number of carbonyl (C=O) groups excluding carboxylic acids is 1. The third-order valence-electron chi connectivity index (χ3n) is 2.21. The minimum atomic E-state index is 0.0625. The highest BCUT2D eigenvalue weighted by Crippen LogP contribution is 2.20. The Morgan fingerprint density at radius 3 is 2.93 bits per heavy atom. The van der Waals surface area contributed by atoms with Gasteiger partial charge in [-0.2, -0.15) is 5.10 Å². The Labute approximate surface area is 81.3 Å². The summed E-state index contributed by atoms with van der Waals surface area (Å²) in [7, 11) is 1.81.